The predicted octanol–water partition coefficient (Wildman–Crippen LogP) is 2.89. The number of likely N-dealkylation sites (N-methyl/N-ethyl adjacent to an activating group) is 2. The van der Waals surface area contributed by atoms with Gasteiger partial charge >= 0.3 is 0 Å². The van der Waals surface area contributed by atoms with Crippen molar-refractivity contribution in [2.45, 2.75) is 25.3 Å². The van der Waals surface area contributed by atoms with E-state index in [2.05, 4.69) is 29.1 Å². The topological polar surface area (TPSA) is 58.1 Å². The molecule has 0 bridgehead atoms. The van der Waals surface area contributed by atoms with Crippen LogP contribution in [0.2, 0.25) is 0 Å². The smallest absolute Gasteiger partial charge is 0.223 e. The minimum Gasteiger partial charge on any atom is -0.344 e. The van der Waals surface area contributed by atoms with Crippen LogP contribution in [0.1, 0.15) is 16.9 Å². The Balaban J connectivity index is 0.00000264. The van der Waals surface area contributed by atoms with E-state index in [1.54, 1.807) is 34.3 Å². The molecule has 23 heavy (non-hydrogen) atoms. The largest absolute Gasteiger partial charge is 0.344 e. The molecule has 1 N–H and O–H groups in total. The molecule has 0 saturated carbocycles. The molecule has 2 aromatic heterocycles. The number of hydrogen-bond donors (Lipinski definition) is 1. The summed E-state index contributed by atoms with van der Waals surface area (Å²) in [6.45, 7) is 5.77. The maximum atomic E-state index is 12.0. The zero-order chi connectivity index (χ0) is 16.1. The highest BCUT2D eigenvalue weighted by Crippen LogP contribution is 2.34. The second kappa shape index (κ2) is 9.42. The first-order chi connectivity index (χ1) is 10.5. The summed E-state index contributed by atoms with van der Waals surface area (Å²) in [5.74, 6) is 0.912. The van der Waals surface area contributed by atoms with Crippen molar-refractivity contribution < 1.29 is 4.79 Å². The van der Waals surface area contributed by atoms with Crippen molar-refractivity contribution in [2.24, 2.45) is 0 Å². The number of thiophene rings is 1. The number of nitrogens with one attached hydrogen (secondary N) is 1. The van der Waals surface area contributed by atoms with Crippen molar-refractivity contribution in [3.8, 4) is 0 Å². The third kappa shape index (κ3) is 5.04. The number of rotatable bonds is 7. The van der Waals surface area contributed by atoms with Crippen LogP contribution < -0.4 is 5.32 Å². The van der Waals surface area contributed by atoms with Gasteiger partial charge in [0.2, 0.25) is 5.91 Å². The molecule has 0 atom stereocenters. The number of fused-ring (bicyclic) bond motifs is 1. The molecular formula is C15H23ClN4OS2. The van der Waals surface area contributed by atoms with Gasteiger partial charge in [-0.15, -0.1) is 35.5 Å². The number of carbonyl (C=O) groups is 1. The number of nitrogens with zero attached hydrogens (tertiary/aromatic N) is 3. The van der Waals surface area contributed by atoms with Crippen LogP contribution in [0.5, 0.6) is 0 Å². The first-order valence-corrected chi connectivity index (χ1v) is 9.07. The van der Waals surface area contributed by atoms with E-state index < -0.39 is 0 Å². The van der Waals surface area contributed by atoms with E-state index in [0.717, 1.165) is 34.1 Å². The SMILES string of the molecule is CNCCN(C)C(=O)CCSc1ncnc2sc(C)c(C)c12.Cl. The second-order valence-electron chi connectivity index (χ2n) is 5.16. The fraction of sp³-hybridized carbons (Fsp3) is 0.533. The van der Waals surface area contributed by atoms with Gasteiger partial charge in [-0.3, -0.25) is 4.79 Å². The Morgan fingerprint density at radius 2 is 2.13 bits per heavy atom. The molecule has 0 aliphatic heterocycles. The summed E-state index contributed by atoms with van der Waals surface area (Å²) < 4.78 is 0. The van der Waals surface area contributed by atoms with E-state index in [1.807, 2.05) is 14.1 Å². The van der Waals surface area contributed by atoms with E-state index in [4.69, 9.17) is 0 Å². The van der Waals surface area contributed by atoms with Gasteiger partial charge in [-0.2, -0.15) is 0 Å². The molecule has 2 aromatic rings. The average molecular weight is 375 g/mol. The number of hydrogen-bond acceptors (Lipinski definition) is 6. The van der Waals surface area contributed by atoms with Gasteiger partial charge in [0, 0.05) is 42.6 Å². The van der Waals surface area contributed by atoms with Gasteiger partial charge in [-0.25, -0.2) is 9.97 Å². The molecule has 0 spiro atoms. The summed E-state index contributed by atoms with van der Waals surface area (Å²) in [5.41, 5.74) is 1.25. The predicted molar refractivity (Wildman–Crippen MR) is 101 cm³/mol. The summed E-state index contributed by atoms with van der Waals surface area (Å²) in [6.07, 6.45) is 2.14. The molecule has 0 aromatic carbocycles. The standard InChI is InChI=1S/C15H22N4OS2.ClH/c1-10-11(2)22-15-13(10)14(17-9-18-15)21-8-5-12(20)19(4)7-6-16-3;/h9,16H,5-8H2,1-4H3;1H. The molecule has 2 heterocycles. The summed E-state index contributed by atoms with van der Waals surface area (Å²) >= 11 is 3.34. The monoisotopic (exact) mass is 374 g/mol. The number of halogens is 1. The Morgan fingerprint density at radius 1 is 1.39 bits per heavy atom. The van der Waals surface area contributed by atoms with Crippen LogP contribution in [0.3, 0.4) is 0 Å². The highest BCUT2D eigenvalue weighted by Gasteiger charge is 2.13. The number of aryl methyl sites for hydroxylation is 2. The molecule has 0 radical (unpaired) electrons. The minimum absolute atomic E-state index is 0. The van der Waals surface area contributed by atoms with Crippen LogP contribution in [0.4, 0.5) is 0 Å². The summed E-state index contributed by atoms with van der Waals surface area (Å²) in [7, 11) is 3.74. The van der Waals surface area contributed by atoms with E-state index in [1.165, 1.54) is 10.4 Å². The molecule has 0 aliphatic carbocycles. The van der Waals surface area contributed by atoms with Crippen LogP contribution in [0, 0.1) is 13.8 Å². The van der Waals surface area contributed by atoms with Crippen LogP contribution in [-0.4, -0.2) is 53.7 Å². The average Bonchev–Trinajstić information content (AvgIpc) is 2.80. The number of carbonyl (C=O) groups excluding carboxylic acids is 1. The Bertz CT molecular complexity index is 662. The van der Waals surface area contributed by atoms with Gasteiger partial charge in [-0.05, 0) is 26.5 Å². The lowest BCUT2D eigenvalue weighted by Gasteiger charge is -2.16. The second-order valence-corrected chi connectivity index (χ2v) is 7.45. The fourth-order valence-corrected chi connectivity index (χ4v) is 4.14. The van der Waals surface area contributed by atoms with E-state index in [-0.39, 0.29) is 18.3 Å². The highest BCUT2D eigenvalue weighted by molar-refractivity contribution is 7.99. The first kappa shape index (κ1) is 20.2. The lowest BCUT2D eigenvalue weighted by molar-refractivity contribution is -0.129. The van der Waals surface area contributed by atoms with Gasteiger partial charge < -0.3 is 10.2 Å². The minimum atomic E-state index is 0. The summed E-state index contributed by atoms with van der Waals surface area (Å²) in [4.78, 5) is 24.8. The van der Waals surface area contributed by atoms with Crippen LogP contribution in [0.15, 0.2) is 11.4 Å². The van der Waals surface area contributed by atoms with E-state index in [0.29, 0.717) is 6.42 Å². The van der Waals surface area contributed by atoms with Gasteiger partial charge in [0.15, 0.2) is 0 Å². The van der Waals surface area contributed by atoms with Crippen LogP contribution >= 0.6 is 35.5 Å². The van der Waals surface area contributed by atoms with Crippen LogP contribution in [0.25, 0.3) is 10.2 Å². The van der Waals surface area contributed by atoms with Crippen molar-refractivity contribution in [2.75, 3.05) is 32.9 Å². The molecule has 0 aliphatic rings. The number of thioether (sulfide) groups is 1. The van der Waals surface area contributed by atoms with Gasteiger partial charge in [0.05, 0.1) is 0 Å². The molecule has 8 heteroatoms. The normalized spacial score (nSPS) is 10.6. The molecule has 2 rings (SSSR count). The van der Waals surface area contributed by atoms with Crippen molar-refractivity contribution >= 4 is 51.6 Å². The molecule has 0 fully saturated rings. The van der Waals surface area contributed by atoms with Crippen LogP contribution in [-0.2, 0) is 4.79 Å². The molecule has 1 amide bonds. The maximum Gasteiger partial charge on any atom is 0.223 e. The highest BCUT2D eigenvalue weighted by atomic mass is 35.5. The molecule has 0 saturated heterocycles. The first-order valence-electron chi connectivity index (χ1n) is 7.26. The Hall–Kier alpha value is -0.890. The third-order valence-electron chi connectivity index (χ3n) is 3.61. The molecular weight excluding hydrogens is 352 g/mol. The van der Waals surface area contributed by atoms with E-state index >= 15 is 0 Å². The Kier molecular flexibility index (Phi) is 8.25. The summed E-state index contributed by atoms with van der Waals surface area (Å²) in [5, 5.41) is 5.18. The lowest BCUT2D eigenvalue weighted by Crippen LogP contribution is -2.32. The number of amides is 1. The quantitative estimate of drug-likeness (QED) is 0.596. The van der Waals surface area contributed by atoms with Crippen molar-refractivity contribution in [3.05, 3.63) is 16.8 Å². The van der Waals surface area contributed by atoms with Crippen molar-refractivity contribution in [1.29, 1.82) is 0 Å². The van der Waals surface area contributed by atoms with Crippen molar-refractivity contribution in [1.82, 2.24) is 20.2 Å². The van der Waals surface area contributed by atoms with Gasteiger partial charge in [0.1, 0.15) is 16.2 Å². The third-order valence-corrected chi connectivity index (χ3v) is 5.71. The lowest BCUT2D eigenvalue weighted by atomic mass is 10.2. The summed E-state index contributed by atoms with van der Waals surface area (Å²) in [6, 6.07) is 0. The molecule has 128 valence electrons. The molecule has 5 nitrogen and oxygen atoms in total. The molecule has 0 unspecified atom stereocenters. The van der Waals surface area contributed by atoms with Gasteiger partial charge in [0.25, 0.3) is 0 Å². The Labute approximate surface area is 151 Å². The Morgan fingerprint density at radius 3 is 2.83 bits per heavy atom. The maximum absolute atomic E-state index is 12.0. The zero-order valence-corrected chi connectivity index (χ0v) is 16.3. The zero-order valence-electron chi connectivity index (χ0n) is 13.9. The van der Waals surface area contributed by atoms with E-state index in [9.17, 15) is 4.79 Å². The fourth-order valence-electron chi connectivity index (χ4n) is 2.09. The van der Waals surface area contributed by atoms with Crippen molar-refractivity contribution in [3.63, 3.8) is 0 Å². The number of aromatic nitrogens is 2. The van der Waals surface area contributed by atoms with Gasteiger partial charge in [-0.1, -0.05) is 0 Å².